The van der Waals surface area contributed by atoms with Gasteiger partial charge < -0.3 is 14.4 Å². The average Bonchev–Trinajstić information content (AvgIpc) is 2.58. The van der Waals surface area contributed by atoms with Crippen molar-refractivity contribution in [3.8, 4) is 11.5 Å². The Bertz CT molecular complexity index is 475. The van der Waals surface area contributed by atoms with Gasteiger partial charge in [0.25, 0.3) is 0 Å². The van der Waals surface area contributed by atoms with Gasteiger partial charge in [0.1, 0.15) is 0 Å². The molecular weight excluding hydrogens is 278 g/mol. The van der Waals surface area contributed by atoms with E-state index >= 15 is 0 Å². The first-order valence-electron chi connectivity index (χ1n) is 8.29. The lowest BCUT2D eigenvalue weighted by Crippen LogP contribution is -2.40. The highest BCUT2D eigenvalue weighted by atomic mass is 16.5. The molecule has 122 valence electrons. The van der Waals surface area contributed by atoms with Crippen molar-refractivity contribution in [2.45, 2.75) is 45.1 Å². The average molecular weight is 305 g/mol. The number of carbonyl (C=O) groups excluding carboxylic acids is 1. The summed E-state index contributed by atoms with van der Waals surface area (Å²) >= 11 is 0. The molecular formula is C18H27NO3. The Kier molecular flexibility index (Phi) is 6.72. The summed E-state index contributed by atoms with van der Waals surface area (Å²) in [5, 5.41) is 0. The Labute approximate surface area is 133 Å². The molecule has 1 heterocycles. The van der Waals surface area contributed by atoms with Crippen LogP contribution in [0.2, 0.25) is 0 Å². The first kappa shape index (κ1) is 16.8. The van der Waals surface area contributed by atoms with E-state index in [1.807, 2.05) is 6.07 Å². The van der Waals surface area contributed by atoms with E-state index in [0.29, 0.717) is 23.7 Å². The molecule has 1 aromatic rings. The molecule has 2 rings (SSSR count). The summed E-state index contributed by atoms with van der Waals surface area (Å²) < 4.78 is 11.1. The van der Waals surface area contributed by atoms with E-state index in [4.69, 9.17) is 9.47 Å². The second-order valence-electron chi connectivity index (χ2n) is 5.79. The van der Waals surface area contributed by atoms with Gasteiger partial charge in [-0.2, -0.15) is 0 Å². The molecule has 0 radical (unpaired) electrons. The number of piperidine rings is 1. The molecule has 0 saturated carbocycles. The molecule has 1 unspecified atom stereocenters. The van der Waals surface area contributed by atoms with Crippen molar-refractivity contribution < 1.29 is 14.3 Å². The van der Waals surface area contributed by atoms with Gasteiger partial charge >= 0.3 is 0 Å². The van der Waals surface area contributed by atoms with Crippen molar-refractivity contribution in [1.82, 2.24) is 4.90 Å². The zero-order chi connectivity index (χ0) is 15.8. The predicted molar refractivity (Wildman–Crippen MR) is 88.0 cm³/mol. The number of rotatable bonds is 8. The maximum atomic E-state index is 11.1. The molecule has 1 fully saturated rings. The number of para-hydroxylation sites is 1. The maximum absolute atomic E-state index is 11.1. The van der Waals surface area contributed by atoms with Gasteiger partial charge in [-0.25, -0.2) is 0 Å². The first-order chi connectivity index (χ1) is 10.8. The van der Waals surface area contributed by atoms with Crippen LogP contribution in [0.4, 0.5) is 0 Å². The molecule has 0 aliphatic carbocycles. The van der Waals surface area contributed by atoms with Crippen LogP contribution in [0.25, 0.3) is 0 Å². The number of benzene rings is 1. The molecule has 4 nitrogen and oxygen atoms in total. The highest BCUT2D eigenvalue weighted by molar-refractivity contribution is 5.81. The molecule has 0 bridgehead atoms. The molecule has 4 heteroatoms. The molecule has 0 aromatic heterocycles. The monoisotopic (exact) mass is 305 g/mol. The maximum Gasteiger partial charge on any atom is 0.171 e. The van der Waals surface area contributed by atoms with Crippen molar-refractivity contribution in [2.75, 3.05) is 26.8 Å². The lowest BCUT2D eigenvalue weighted by Gasteiger charge is -2.35. The summed E-state index contributed by atoms with van der Waals surface area (Å²) in [5.41, 5.74) is 0.545. The van der Waals surface area contributed by atoms with E-state index in [9.17, 15) is 4.79 Å². The molecule has 1 saturated heterocycles. The number of likely N-dealkylation sites (tertiary alicyclic amines) is 1. The quantitative estimate of drug-likeness (QED) is 0.544. The summed E-state index contributed by atoms with van der Waals surface area (Å²) in [5.74, 6) is 1.18. The Hall–Kier alpha value is -1.55. The number of hydrogen-bond donors (Lipinski definition) is 0. The van der Waals surface area contributed by atoms with Crippen LogP contribution >= 0.6 is 0 Å². The van der Waals surface area contributed by atoms with Gasteiger partial charge in [-0.15, -0.1) is 0 Å². The van der Waals surface area contributed by atoms with Crippen LogP contribution in [-0.4, -0.2) is 44.0 Å². The van der Waals surface area contributed by atoms with Gasteiger partial charge in [0.2, 0.25) is 0 Å². The third kappa shape index (κ3) is 4.23. The van der Waals surface area contributed by atoms with Crippen LogP contribution in [0.15, 0.2) is 18.2 Å². The second kappa shape index (κ2) is 8.79. The summed E-state index contributed by atoms with van der Waals surface area (Å²) in [4.78, 5) is 13.7. The smallest absolute Gasteiger partial charge is 0.171 e. The fourth-order valence-corrected chi connectivity index (χ4v) is 3.20. The summed E-state index contributed by atoms with van der Waals surface area (Å²) in [7, 11) is 1.59. The summed E-state index contributed by atoms with van der Waals surface area (Å²) in [6, 6.07) is 6.10. The Morgan fingerprint density at radius 1 is 1.36 bits per heavy atom. The van der Waals surface area contributed by atoms with Gasteiger partial charge in [0.15, 0.2) is 17.8 Å². The number of nitrogens with zero attached hydrogens (tertiary/aromatic N) is 1. The lowest BCUT2D eigenvalue weighted by molar-refractivity contribution is 0.111. The number of methoxy groups -OCH3 is 1. The van der Waals surface area contributed by atoms with E-state index in [1.165, 1.54) is 32.2 Å². The fraction of sp³-hybridized carbons (Fsp3) is 0.611. The number of carbonyl (C=O) groups is 1. The zero-order valence-electron chi connectivity index (χ0n) is 13.7. The van der Waals surface area contributed by atoms with E-state index in [1.54, 1.807) is 19.2 Å². The molecule has 22 heavy (non-hydrogen) atoms. The second-order valence-corrected chi connectivity index (χ2v) is 5.79. The molecule has 1 aliphatic rings. The van der Waals surface area contributed by atoms with Crippen LogP contribution in [0.1, 0.15) is 49.4 Å². The largest absolute Gasteiger partial charge is 0.493 e. The van der Waals surface area contributed by atoms with Crippen LogP contribution in [0.5, 0.6) is 11.5 Å². The third-order valence-corrected chi connectivity index (χ3v) is 4.41. The summed E-state index contributed by atoms with van der Waals surface area (Å²) in [6.07, 6.45) is 6.98. The van der Waals surface area contributed by atoms with Crippen molar-refractivity contribution in [3.05, 3.63) is 23.8 Å². The third-order valence-electron chi connectivity index (χ3n) is 4.41. The van der Waals surface area contributed by atoms with Gasteiger partial charge in [0, 0.05) is 12.6 Å². The minimum absolute atomic E-state index is 0.545. The van der Waals surface area contributed by atoms with E-state index in [-0.39, 0.29) is 0 Å². The molecule has 1 atom stereocenters. The summed E-state index contributed by atoms with van der Waals surface area (Å²) in [6.45, 7) is 5.13. The standard InChI is InChI=1S/C18H27NO3/c1-3-16-9-4-5-11-19(16)12-7-13-22-18-15(14-20)8-6-10-17(18)21-2/h6,8,10,14,16H,3-5,7,9,11-13H2,1-2H3. The van der Waals surface area contributed by atoms with Crippen molar-refractivity contribution >= 4 is 6.29 Å². The van der Waals surface area contributed by atoms with E-state index in [0.717, 1.165) is 25.3 Å². The van der Waals surface area contributed by atoms with Crippen molar-refractivity contribution in [3.63, 3.8) is 0 Å². The van der Waals surface area contributed by atoms with Gasteiger partial charge in [-0.3, -0.25) is 4.79 Å². The molecule has 1 aromatic carbocycles. The van der Waals surface area contributed by atoms with Crippen molar-refractivity contribution in [2.24, 2.45) is 0 Å². The molecule has 0 spiro atoms. The minimum atomic E-state index is 0.545. The molecule has 0 amide bonds. The number of hydrogen-bond acceptors (Lipinski definition) is 4. The Balaban J connectivity index is 1.85. The molecule has 1 aliphatic heterocycles. The lowest BCUT2D eigenvalue weighted by atomic mass is 10.00. The molecule has 0 N–H and O–H groups in total. The van der Waals surface area contributed by atoms with Crippen LogP contribution in [-0.2, 0) is 0 Å². The zero-order valence-corrected chi connectivity index (χ0v) is 13.7. The minimum Gasteiger partial charge on any atom is -0.493 e. The predicted octanol–water partition coefficient (Wildman–Crippen LogP) is 3.54. The van der Waals surface area contributed by atoms with Crippen molar-refractivity contribution in [1.29, 1.82) is 0 Å². The van der Waals surface area contributed by atoms with Crippen LogP contribution in [0.3, 0.4) is 0 Å². The first-order valence-corrected chi connectivity index (χ1v) is 8.29. The van der Waals surface area contributed by atoms with Crippen LogP contribution < -0.4 is 9.47 Å². The highest BCUT2D eigenvalue weighted by Gasteiger charge is 2.20. The highest BCUT2D eigenvalue weighted by Crippen LogP contribution is 2.30. The fourth-order valence-electron chi connectivity index (χ4n) is 3.20. The van der Waals surface area contributed by atoms with Gasteiger partial charge in [-0.1, -0.05) is 19.4 Å². The van der Waals surface area contributed by atoms with E-state index in [2.05, 4.69) is 11.8 Å². The topological polar surface area (TPSA) is 38.8 Å². The van der Waals surface area contributed by atoms with Crippen LogP contribution in [0, 0.1) is 0 Å². The number of aldehydes is 1. The van der Waals surface area contributed by atoms with E-state index < -0.39 is 0 Å². The SMILES string of the molecule is CCC1CCCCN1CCCOc1c(C=O)cccc1OC. The van der Waals surface area contributed by atoms with Gasteiger partial charge in [-0.05, 0) is 44.4 Å². The number of ether oxygens (including phenoxy) is 2. The normalized spacial score (nSPS) is 18.9. The van der Waals surface area contributed by atoms with Gasteiger partial charge in [0.05, 0.1) is 19.3 Å². The Morgan fingerprint density at radius 2 is 2.23 bits per heavy atom. The Morgan fingerprint density at radius 3 is 2.95 bits per heavy atom.